The lowest BCUT2D eigenvalue weighted by Crippen LogP contribution is -2.33. The second-order valence-electron chi connectivity index (χ2n) is 6.20. The number of likely N-dealkylation sites (tertiary alicyclic amines) is 1. The summed E-state index contributed by atoms with van der Waals surface area (Å²) in [5.41, 5.74) is 0.696. The third-order valence-corrected chi connectivity index (χ3v) is 4.88. The van der Waals surface area contributed by atoms with Gasteiger partial charge < -0.3 is 0 Å². The summed E-state index contributed by atoms with van der Waals surface area (Å²) in [6.07, 6.45) is 2.46. The number of halogens is 2. The number of amides is 1. The van der Waals surface area contributed by atoms with Crippen LogP contribution >= 0.6 is 11.3 Å². The minimum atomic E-state index is -0.883. The van der Waals surface area contributed by atoms with E-state index in [1.165, 1.54) is 24.2 Å². The van der Waals surface area contributed by atoms with Crippen molar-refractivity contribution in [2.75, 3.05) is 18.4 Å². The van der Waals surface area contributed by atoms with Crippen LogP contribution in [-0.2, 0) is 6.54 Å². The van der Waals surface area contributed by atoms with E-state index in [0.717, 1.165) is 37.5 Å². The highest BCUT2D eigenvalue weighted by molar-refractivity contribution is 7.13. The Morgan fingerprint density at radius 3 is 3.04 bits per heavy atom. The first-order valence-corrected chi connectivity index (χ1v) is 8.82. The van der Waals surface area contributed by atoms with Gasteiger partial charge in [-0.05, 0) is 37.4 Å². The summed E-state index contributed by atoms with van der Waals surface area (Å²) in [6.45, 7) is 5.11. The van der Waals surface area contributed by atoms with Gasteiger partial charge in [0.15, 0.2) is 5.13 Å². The van der Waals surface area contributed by atoms with Crippen molar-refractivity contribution in [1.82, 2.24) is 9.88 Å². The standard InChI is InChI=1S/C17H19F2N3OS/c1-11-3-2-6-22(8-11)9-13-10-24-17(20-13)21-16(23)14-5-4-12(18)7-15(14)19/h4-5,7,10-11H,2-3,6,8-9H2,1H3,(H,20,21,23). The summed E-state index contributed by atoms with van der Waals surface area (Å²) >= 11 is 1.30. The van der Waals surface area contributed by atoms with Crippen LogP contribution in [0.15, 0.2) is 23.6 Å². The van der Waals surface area contributed by atoms with Crippen LogP contribution in [0.3, 0.4) is 0 Å². The molecule has 2 aromatic rings. The number of anilines is 1. The van der Waals surface area contributed by atoms with Gasteiger partial charge in [-0.2, -0.15) is 0 Å². The Morgan fingerprint density at radius 2 is 2.29 bits per heavy atom. The van der Waals surface area contributed by atoms with Gasteiger partial charge in [-0.1, -0.05) is 6.92 Å². The molecule has 2 heterocycles. The average Bonchev–Trinajstić information content (AvgIpc) is 2.94. The molecule has 0 saturated carbocycles. The van der Waals surface area contributed by atoms with Crippen LogP contribution in [0.25, 0.3) is 0 Å². The molecule has 1 amide bonds. The molecule has 1 aliphatic rings. The number of rotatable bonds is 4. The molecule has 1 unspecified atom stereocenters. The molecule has 0 aliphatic carbocycles. The van der Waals surface area contributed by atoms with E-state index >= 15 is 0 Å². The van der Waals surface area contributed by atoms with E-state index in [0.29, 0.717) is 17.1 Å². The van der Waals surface area contributed by atoms with Gasteiger partial charge in [0.2, 0.25) is 0 Å². The van der Waals surface area contributed by atoms with Crippen molar-refractivity contribution in [3.63, 3.8) is 0 Å². The summed E-state index contributed by atoms with van der Waals surface area (Å²) in [5.74, 6) is -1.53. The van der Waals surface area contributed by atoms with E-state index in [2.05, 4.69) is 22.1 Å². The van der Waals surface area contributed by atoms with Crippen molar-refractivity contribution in [2.45, 2.75) is 26.3 Å². The number of carbonyl (C=O) groups excluding carboxylic acids is 1. The van der Waals surface area contributed by atoms with Gasteiger partial charge in [-0.15, -0.1) is 11.3 Å². The highest BCUT2D eigenvalue weighted by Crippen LogP contribution is 2.21. The molecule has 1 aliphatic heterocycles. The van der Waals surface area contributed by atoms with Crippen LogP contribution in [-0.4, -0.2) is 28.9 Å². The number of nitrogens with zero attached hydrogens (tertiary/aromatic N) is 2. The van der Waals surface area contributed by atoms with Gasteiger partial charge >= 0.3 is 0 Å². The van der Waals surface area contributed by atoms with Crippen LogP contribution in [0.5, 0.6) is 0 Å². The predicted molar refractivity (Wildman–Crippen MR) is 90.1 cm³/mol. The lowest BCUT2D eigenvalue weighted by atomic mass is 10.0. The average molecular weight is 351 g/mol. The Bertz CT molecular complexity index is 734. The number of carbonyl (C=O) groups is 1. The van der Waals surface area contributed by atoms with E-state index in [4.69, 9.17) is 0 Å². The zero-order valence-electron chi connectivity index (χ0n) is 13.4. The lowest BCUT2D eigenvalue weighted by molar-refractivity contribution is 0.102. The van der Waals surface area contributed by atoms with Crippen molar-refractivity contribution in [1.29, 1.82) is 0 Å². The van der Waals surface area contributed by atoms with Gasteiger partial charge in [-0.25, -0.2) is 13.8 Å². The fourth-order valence-corrected chi connectivity index (χ4v) is 3.63. The molecule has 3 rings (SSSR count). The quantitative estimate of drug-likeness (QED) is 0.908. The predicted octanol–water partition coefficient (Wildman–Crippen LogP) is 3.91. The summed E-state index contributed by atoms with van der Waals surface area (Å²) < 4.78 is 26.5. The highest BCUT2D eigenvalue weighted by atomic mass is 32.1. The molecule has 1 N–H and O–H groups in total. The minimum Gasteiger partial charge on any atom is -0.298 e. The topological polar surface area (TPSA) is 45.2 Å². The molecular formula is C17H19F2N3OS. The maximum atomic E-state index is 13.6. The molecule has 1 atom stereocenters. The molecule has 1 aromatic heterocycles. The first-order valence-electron chi connectivity index (χ1n) is 7.94. The van der Waals surface area contributed by atoms with Crippen LogP contribution in [0, 0.1) is 17.6 Å². The Balaban J connectivity index is 1.62. The van der Waals surface area contributed by atoms with Crippen LogP contribution in [0.2, 0.25) is 0 Å². The number of aromatic nitrogens is 1. The number of nitrogens with one attached hydrogen (secondary N) is 1. The molecule has 1 saturated heterocycles. The number of hydrogen-bond donors (Lipinski definition) is 1. The smallest absolute Gasteiger partial charge is 0.260 e. The largest absolute Gasteiger partial charge is 0.298 e. The number of hydrogen-bond acceptors (Lipinski definition) is 4. The molecule has 1 aromatic carbocycles. The SMILES string of the molecule is CC1CCCN(Cc2csc(NC(=O)c3ccc(F)cc3F)n2)C1. The first-order chi connectivity index (χ1) is 11.5. The zero-order chi connectivity index (χ0) is 17.1. The maximum Gasteiger partial charge on any atom is 0.260 e. The monoisotopic (exact) mass is 351 g/mol. The molecule has 1 fully saturated rings. The molecule has 0 radical (unpaired) electrons. The minimum absolute atomic E-state index is 0.196. The fourth-order valence-electron chi connectivity index (χ4n) is 2.93. The second kappa shape index (κ2) is 7.36. The lowest BCUT2D eigenvalue weighted by Gasteiger charge is -2.30. The summed E-state index contributed by atoms with van der Waals surface area (Å²) in [5, 5.41) is 4.89. The van der Waals surface area contributed by atoms with E-state index in [9.17, 15) is 13.6 Å². The van der Waals surface area contributed by atoms with E-state index < -0.39 is 17.5 Å². The number of piperidine rings is 1. The molecule has 7 heteroatoms. The Kier molecular flexibility index (Phi) is 5.20. The summed E-state index contributed by atoms with van der Waals surface area (Å²) in [4.78, 5) is 18.8. The van der Waals surface area contributed by atoms with Gasteiger partial charge in [0.25, 0.3) is 5.91 Å². The van der Waals surface area contributed by atoms with Crippen molar-refractivity contribution < 1.29 is 13.6 Å². The third kappa shape index (κ3) is 4.15. The van der Waals surface area contributed by atoms with Crippen molar-refractivity contribution in [3.05, 3.63) is 46.5 Å². The van der Waals surface area contributed by atoms with Gasteiger partial charge in [0.05, 0.1) is 11.3 Å². The fraction of sp³-hybridized carbons (Fsp3) is 0.412. The van der Waals surface area contributed by atoms with E-state index in [-0.39, 0.29) is 5.56 Å². The van der Waals surface area contributed by atoms with Crippen molar-refractivity contribution >= 4 is 22.4 Å². The summed E-state index contributed by atoms with van der Waals surface area (Å²) in [6, 6.07) is 2.88. The third-order valence-electron chi connectivity index (χ3n) is 4.07. The molecule has 0 bridgehead atoms. The van der Waals surface area contributed by atoms with E-state index in [1.54, 1.807) is 0 Å². The van der Waals surface area contributed by atoms with Crippen LogP contribution < -0.4 is 5.32 Å². The second-order valence-corrected chi connectivity index (χ2v) is 7.06. The first kappa shape index (κ1) is 17.0. The normalized spacial score (nSPS) is 18.5. The Hall–Kier alpha value is -1.86. The Morgan fingerprint density at radius 1 is 1.46 bits per heavy atom. The molecule has 0 spiro atoms. The van der Waals surface area contributed by atoms with Crippen molar-refractivity contribution in [3.8, 4) is 0 Å². The Labute approximate surface area is 143 Å². The van der Waals surface area contributed by atoms with Crippen molar-refractivity contribution in [2.24, 2.45) is 5.92 Å². The van der Waals surface area contributed by atoms with Crippen LogP contribution in [0.1, 0.15) is 35.8 Å². The van der Waals surface area contributed by atoms with Gasteiger partial charge in [-0.3, -0.25) is 15.0 Å². The number of benzene rings is 1. The van der Waals surface area contributed by atoms with Gasteiger partial charge in [0.1, 0.15) is 11.6 Å². The van der Waals surface area contributed by atoms with Gasteiger partial charge in [0, 0.05) is 24.5 Å². The summed E-state index contributed by atoms with van der Waals surface area (Å²) in [7, 11) is 0. The maximum absolute atomic E-state index is 13.6. The zero-order valence-corrected chi connectivity index (χ0v) is 14.2. The van der Waals surface area contributed by atoms with Crippen LogP contribution in [0.4, 0.5) is 13.9 Å². The molecule has 128 valence electrons. The van der Waals surface area contributed by atoms with E-state index in [1.807, 2.05) is 5.38 Å². The molecular weight excluding hydrogens is 332 g/mol. The number of thiazole rings is 1. The molecule has 4 nitrogen and oxygen atoms in total. The highest BCUT2D eigenvalue weighted by Gasteiger charge is 2.18. The molecule has 24 heavy (non-hydrogen) atoms.